The molecule has 258 valence electrons. The van der Waals surface area contributed by atoms with E-state index in [-0.39, 0.29) is 0 Å². The first-order valence-corrected chi connectivity index (χ1v) is 19.5. The third kappa shape index (κ3) is 5.32. The fourth-order valence-corrected chi connectivity index (χ4v) is 9.45. The summed E-state index contributed by atoms with van der Waals surface area (Å²) in [5.41, 5.74) is 12.2. The molecule has 2 heterocycles. The van der Waals surface area contributed by atoms with Gasteiger partial charge in [0, 0.05) is 59.0 Å². The second-order valence-electron chi connectivity index (χ2n) is 14.1. The largest absolute Gasteiger partial charge is 0.455 e. The fraction of sp³-hybridized carbons (Fsp3) is 0. The van der Waals surface area contributed by atoms with E-state index in [0.717, 1.165) is 55.5 Å². The summed E-state index contributed by atoms with van der Waals surface area (Å²) in [4.78, 5) is 2.36. The lowest BCUT2D eigenvalue weighted by atomic mass is 10.00. The number of nitrogens with zero attached hydrogens (tertiary/aromatic N) is 1. The Morgan fingerprint density at radius 3 is 1.75 bits per heavy atom. The van der Waals surface area contributed by atoms with Gasteiger partial charge in [-0.3, -0.25) is 0 Å². The highest BCUT2D eigenvalue weighted by Crippen LogP contribution is 2.43. The van der Waals surface area contributed by atoms with Crippen molar-refractivity contribution in [2.75, 3.05) is 4.90 Å². The second-order valence-corrected chi connectivity index (χ2v) is 15.1. The zero-order valence-electron chi connectivity index (χ0n) is 29.8. The molecule has 0 bridgehead atoms. The van der Waals surface area contributed by atoms with Crippen LogP contribution < -0.4 is 4.90 Å². The highest BCUT2D eigenvalue weighted by Gasteiger charge is 2.18. The highest BCUT2D eigenvalue weighted by molar-refractivity contribution is 7.26. The molecule has 0 radical (unpaired) electrons. The number of rotatable bonds is 6. The quantitative estimate of drug-likeness (QED) is 0.170. The molecular weight excluding hydrogens is 687 g/mol. The number of furan rings is 1. The van der Waals surface area contributed by atoms with E-state index in [1.807, 2.05) is 11.3 Å². The van der Waals surface area contributed by atoms with Gasteiger partial charge in [0.1, 0.15) is 11.2 Å². The van der Waals surface area contributed by atoms with Crippen molar-refractivity contribution in [2.45, 2.75) is 0 Å². The van der Waals surface area contributed by atoms with Gasteiger partial charge in [-0.15, -0.1) is 11.3 Å². The van der Waals surface area contributed by atoms with E-state index < -0.39 is 0 Å². The molecular formula is C52H33NOS. The van der Waals surface area contributed by atoms with Crippen LogP contribution in [0.1, 0.15) is 0 Å². The van der Waals surface area contributed by atoms with Crippen molar-refractivity contribution < 1.29 is 4.42 Å². The Morgan fingerprint density at radius 2 is 0.945 bits per heavy atom. The van der Waals surface area contributed by atoms with Gasteiger partial charge in [0.05, 0.1) is 0 Å². The summed E-state index contributed by atoms with van der Waals surface area (Å²) in [5.74, 6) is 0. The number of thiophene rings is 1. The summed E-state index contributed by atoms with van der Waals surface area (Å²) in [5, 5.41) is 7.22. The molecule has 0 spiro atoms. The van der Waals surface area contributed by atoms with E-state index in [1.165, 1.54) is 47.8 Å². The van der Waals surface area contributed by atoms with E-state index in [1.54, 1.807) is 0 Å². The molecule has 0 saturated heterocycles. The Hall–Kier alpha value is -6.94. The normalized spacial score (nSPS) is 11.6. The van der Waals surface area contributed by atoms with Crippen LogP contribution in [0.25, 0.3) is 86.3 Å². The van der Waals surface area contributed by atoms with Crippen LogP contribution in [0.5, 0.6) is 0 Å². The second kappa shape index (κ2) is 12.9. The van der Waals surface area contributed by atoms with Crippen LogP contribution in [0, 0.1) is 0 Å². The topological polar surface area (TPSA) is 16.4 Å². The molecule has 9 aromatic carbocycles. The Balaban J connectivity index is 1.02. The van der Waals surface area contributed by atoms with Crippen LogP contribution in [0.3, 0.4) is 0 Å². The van der Waals surface area contributed by atoms with Crippen LogP contribution in [-0.4, -0.2) is 0 Å². The molecule has 0 N–H and O–H groups in total. The minimum absolute atomic E-state index is 0.915. The van der Waals surface area contributed by atoms with Gasteiger partial charge < -0.3 is 9.32 Å². The Morgan fingerprint density at radius 1 is 0.345 bits per heavy atom. The minimum Gasteiger partial charge on any atom is -0.455 e. The summed E-state index contributed by atoms with van der Waals surface area (Å²) in [7, 11) is 0. The standard InChI is InChI=1S/C52H33NOS/c1-2-11-34(12-3-1)38-14-8-15-41(33-38)53(40-30-25-37(26-31-40)44-19-10-21-48-45-17-6-7-22-49(45)55-52(44)48)39-28-23-36(24-29-39)43-18-9-20-46-47-32-27-35-13-4-5-16-42(35)51(47)54-50(43)46/h1-33H. The number of hydrogen-bond acceptors (Lipinski definition) is 3. The lowest BCUT2D eigenvalue weighted by molar-refractivity contribution is 0.674. The predicted molar refractivity (Wildman–Crippen MR) is 235 cm³/mol. The third-order valence-electron chi connectivity index (χ3n) is 10.9. The molecule has 0 aliphatic carbocycles. The summed E-state index contributed by atoms with van der Waals surface area (Å²) in [6, 6.07) is 72.0. The van der Waals surface area contributed by atoms with Crippen LogP contribution in [-0.2, 0) is 0 Å². The first-order chi connectivity index (χ1) is 27.3. The van der Waals surface area contributed by atoms with E-state index in [2.05, 4.69) is 205 Å². The van der Waals surface area contributed by atoms with E-state index in [9.17, 15) is 0 Å². The molecule has 55 heavy (non-hydrogen) atoms. The molecule has 0 amide bonds. The maximum atomic E-state index is 6.70. The zero-order valence-corrected chi connectivity index (χ0v) is 30.6. The molecule has 0 unspecified atom stereocenters. The van der Waals surface area contributed by atoms with Gasteiger partial charge in [-0.1, -0.05) is 152 Å². The van der Waals surface area contributed by atoms with Crippen LogP contribution in [0.4, 0.5) is 17.1 Å². The molecule has 11 rings (SSSR count). The average Bonchev–Trinajstić information content (AvgIpc) is 3.84. The molecule has 0 saturated carbocycles. The van der Waals surface area contributed by atoms with Crippen molar-refractivity contribution >= 4 is 81.3 Å². The van der Waals surface area contributed by atoms with Crippen molar-refractivity contribution in [3.63, 3.8) is 0 Å². The van der Waals surface area contributed by atoms with Gasteiger partial charge in [0.15, 0.2) is 0 Å². The maximum absolute atomic E-state index is 6.70. The van der Waals surface area contributed by atoms with Gasteiger partial charge in [0.25, 0.3) is 0 Å². The summed E-state index contributed by atoms with van der Waals surface area (Å²) in [6.45, 7) is 0. The van der Waals surface area contributed by atoms with Crippen molar-refractivity contribution in [3.8, 4) is 33.4 Å². The van der Waals surface area contributed by atoms with Crippen molar-refractivity contribution in [1.29, 1.82) is 0 Å². The van der Waals surface area contributed by atoms with E-state index >= 15 is 0 Å². The molecule has 0 fully saturated rings. The van der Waals surface area contributed by atoms with Crippen LogP contribution in [0.2, 0.25) is 0 Å². The smallest absolute Gasteiger partial charge is 0.143 e. The Kier molecular flexibility index (Phi) is 7.39. The molecule has 2 nitrogen and oxygen atoms in total. The third-order valence-corrected chi connectivity index (χ3v) is 12.1. The molecule has 0 atom stereocenters. The Labute approximate surface area is 322 Å². The minimum atomic E-state index is 0.915. The zero-order chi connectivity index (χ0) is 36.3. The van der Waals surface area contributed by atoms with Gasteiger partial charge in [0.2, 0.25) is 0 Å². The lowest BCUT2D eigenvalue weighted by Gasteiger charge is -2.26. The maximum Gasteiger partial charge on any atom is 0.143 e. The number of benzene rings is 9. The Bertz CT molecular complexity index is 3190. The average molecular weight is 720 g/mol. The van der Waals surface area contributed by atoms with Crippen molar-refractivity contribution in [3.05, 3.63) is 200 Å². The SMILES string of the molecule is c1ccc(-c2cccc(N(c3ccc(-c4cccc5c4oc4c6ccccc6ccc54)cc3)c3ccc(-c4cccc5c4sc4ccccc45)cc3)c2)cc1. The summed E-state index contributed by atoms with van der Waals surface area (Å²) >= 11 is 1.87. The van der Waals surface area contributed by atoms with Crippen molar-refractivity contribution in [2.24, 2.45) is 0 Å². The number of fused-ring (bicyclic) bond motifs is 8. The van der Waals surface area contributed by atoms with Gasteiger partial charge in [-0.05, 0) is 81.7 Å². The van der Waals surface area contributed by atoms with Gasteiger partial charge >= 0.3 is 0 Å². The molecule has 2 aromatic heterocycles. The number of anilines is 3. The van der Waals surface area contributed by atoms with Crippen LogP contribution >= 0.6 is 11.3 Å². The molecule has 3 heteroatoms. The molecule has 11 aromatic rings. The van der Waals surface area contributed by atoms with E-state index in [4.69, 9.17) is 4.42 Å². The first-order valence-electron chi connectivity index (χ1n) is 18.7. The fourth-order valence-electron chi connectivity index (χ4n) is 8.21. The molecule has 0 aliphatic heterocycles. The number of para-hydroxylation sites is 1. The van der Waals surface area contributed by atoms with Crippen LogP contribution in [0.15, 0.2) is 205 Å². The number of hydrogen-bond donors (Lipinski definition) is 0. The lowest BCUT2D eigenvalue weighted by Crippen LogP contribution is -2.10. The predicted octanol–water partition coefficient (Wildman–Crippen LogP) is 15.6. The monoisotopic (exact) mass is 719 g/mol. The summed E-state index contributed by atoms with van der Waals surface area (Å²) in [6.07, 6.45) is 0. The van der Waals surface area contributed by atoms with Gasteiger partial charge in [-0.25, -0.2) is 0 Å². The first kappa shape index (κ1) is 31.6. The highest BCUT2D eigenvalue weighted by atomic mass is 32.1. The van der Waals surface area contributed by atoms with Crippen molar-refractivity contribution in [1.82, 2.24) is 0 Å². The van der Waals surface area contributed by atoms with E-state index in [0.29, 0.717) is 0 Å². The summed E-state index contributed by atoms with van der Waals surface area (Å²) < 4.78 is 9.35. The van der Waals surface area contributed by atoms with Gasteiger partial charge in [-0.2, -0.15) is 0 Å². The molecule has 0 aliphatic rings.